The summed E-state index contributed by atoms with van der Waals surface area (Å²) in [6.45, 7) is 8.75. The van der Waals surface area contributed by atoms with Gasteiger partial charge in [0.1, 0.15) is 17.7 Å². The van der Waals surface area contributed by atoms with Gasteiger partial charge in [-0.1, -0.05) is 36.7 Å². The highest BCUT2D eigenvalue weighted by Crippen LogP contribution is 2.31. The normalized spacial score (nSPS) is 17.6. The fraction of sp³-hybridized carbons (Fsp3) is 0.500. The van der Waals surface area contributed by atoms with Crippen LogP contribution in [0.4, 0.5) is 0 Å². The third kappa shape index (κ3) is 4.81. The predicted octanol–water partition coefficient (Wildman–Crippen LogP) is 3.99. The number of nitrogens with zero attached hydrogens (tertiary/aromatic N) is 2. The van der Waals surface area contributed by atoms with Gasteiger partial charge in [0.25, 0.3) is 0 Å². The molecule has 0 bridgehead atoms. The van der Waals surface area contributed by atoms with Crippen LogP contribution < -0.4 is 5.32 Å². The monoisotopic (exact) mass is 417 g/mol. The van der Waals surface area contributed by atoms with Crippen LogP contribution >= 0.6 is 11.6 Å². The second kappa shape index (κ2) is 8.99. The van der Waals surface area contributed by atoms with Crippen LogP contribution in [0.15, 0.2) is 28.8 Å². The molecule has 2 atom stereocenters. The van der Waals surface area contributed by atoms with E-state index in [4.69, 9.17) is 16.1 Å². The van der Waals surface area contributed by atoms with E-state index in [1.54, 1.807) is 11.0 Å². The summed E-state index contributed by atoms with van der Waals surface area (Å²) in [6.07, 6.45) is 1.47. The number of likely N-dealkylation sites (tertiary alicyclic amines) is 1. The lowest BCUT2D eigenvalue weighted by molar-refractivity contribution is -0.140. The third-order valence-electron chi connectivity index (χ3n) is 5.48. The molecule has 1 aliphatic heterocycles. The Morgan fingerprint density at radius 2 is 2.07 bits per heavy atom. The van der Waals surface area contributed by atoms with Crippen LogP contribution in [0.5, 0.6) is 0 Å². The number of carbonyl (C=O) groups is 2. The van der Waals surface area contributed by atoms with Crippen molar-refractivity contribution in [2.24, 2.45) is 5.92 Å². The van der Waals surface area contributed by atoms with Gasteiger partial charge in [0.05, 0.1) is 5.69 Å². The largest absolute Gasteiger partial charge is 0.360 e. The van der Waals surface area contributed by atoms with Crippen molar-refractivity contribution in [1.29, 1.82) is 0 Å². The number of rotatable bonds is 6. The second-order valence-electron chi connectivity index (χ2n) is 8.07. The fourth-order valence-corrected chi connectivity index (χ4v) is 4.13. The Hall–Kier alpha value is -2.34. The predicted molar refractivity (Wildman–Crippen MR) is 112 cm³/mol. The summed E-state index contributed by atoms with van der Waals surface area (Å²) in [7, 11) is 0. The van der Waals surface area contributed by atoms with Crippen LogP contribution in [0.3, 0.4) is 0 Å². The molecule has 1 aromatic heterocycles. The minimum atomic E-state index is -0.458. The Labute approximate surface area is 176 Å². The lowest BCUT2D eigenvalue weighted by atomic mass is 9.91. The Morgan fingerprint density at radius 3 is 2.69 bits per heavy atom. The van der Waals surface area contributed by atoms with Crippen molar-refractivity contribution in [1.82, 2.24) is 15.4 Å². The molecule has 2 amide bonds. The van der Waals surface area contributed by atoms with Crippen molar-refractivity contribution in [2.75, 3.05) is 6.54 Å². The highest BCUT2D eigenvalue weighted by molar-refractivity contribution is 6.30. The molecule has 1 N–H and O–H groups in total. The van der Waals surface area contributed by atoms with Crippen molar-refractivity contribution in [3.8, 4) is 0 Å². The molecule has 1 aliphatic rings. The summed E-state index contributed by atoms with van der Waals surface area (Å²) in [5, 5.41) is 7.59. The van der Waals surface area contributed by atoms with Crippen molar-refractivity contribution >= 4 is 23.4 Å². The molecule has 0 aliphatic carbocycles. The van der Waals surface area contributed by atoms with E-state index in [0.717, 1.165) is 23.2 Å². The molecular weight excluding hydrogens is 390 g/mol. The number of halogens is 1. The van der Waals surface area contributed by atoms with Crippen LogP contribution in [0.1, 0.15) is 55.2 Å². The molecule has 1 fully saturated rings. The van der Waals surface area contributed by atoms with E-state index < -0.39 is 12.0 Å². The summed E-state index contributed by atoms with van der Waals surface area (Å²) in [5.41, 5.74) is 2.78. The minimum absolute atomic E-state index is 0.0379. The molecule has 0 radical (unpaired) electrons. The van der Waals surface area contributed by atoms with Crippen LogP contribution in [0.25, 0.3) is 0 Å². The van der Waals surface area contributed by atoms with Crippen molar-refractivity contribution in [2.45, 2.75) is 59.0 Å². The van der Waals surface area contributed by atoms with Crippen molar-refractivity contribution in [3.05, 3.63) is 51.9 Å². The zero-order valence-electron chi connectivity index (χ0n) is 17.4. The van der Waals surface area contributed by atoms with Gasteiger partial charge in [0.2, 0.25) is 11.8 Å². The quantitative estimate of drug-likeness (QED) is 0.770. The molecule has 0 saturated carbocycles. The van der Waals surface area contributed by atoms with Gasteiger partial charge in [-0.15, -0.1) is 0 Å². The average molecular weight is 418 g/mol. The first kappa shape index (κ1) is 21.4. The SMILES string of the molecule is Cc1cc(C(C(=O)N2CCCC2C(=O)NCc2ccc(Cl)cc2C)C(C)C)on1. The van der Waals surface area contributed by atoms with Gasteiger partial charge in [-0.3, -0.25) is 9.59 Å². The van der Waals surface area contributed by atoms with E-state index >= 15 is 0 Å². The summed E-state index contributed by atoms with van der Waals surface area (Å²) in [6, 6.07) is 6.95. The Bertz CT molecular complexity index is 893. The molecule has 1 aromatic carbocycles. The molecule has 156 valence electrons. The van der Waals surface area contributed by atoms with Crippen LogP contribution in [-0.2, 0) is 16.1 Å². The molecule has 0 spiro atoms. The number of benzene rings is 1. The average Bonchev–Trinajstić information content (AvgIpc) is 3.30. The first-order valence-corrected chi connectivity index (χ1v) is 10.4. The number of aryl methyl sites for hydroxylation is 2. The van der Waals surface area contributed by atoms with E-state index in [0.29, 0.717) is 30.3 Å². The molecule has 6 nitrogen and oxygen atoms in total. The lowest BCUT2D eigenvalue weighted by Gasteiger charge is -2.29. The molecule has 3 rings (SSSR count). The van der Waals surface area contributed by atoms with Crippen LogP contribution in [-0.4, -0.2) is 34.5 Å². The number of amides is 2. The number of aromatic nitrogens is 1. The standard InChI is InChI=1S/C22H28ClN3O3/c1-13(2)20(19-11-15(4)25-29-19)22(28)26-9-5-6-18(26)21(27)24-12-16-7-8-17(23)10-14(16)3/h7-8,10-11,13,18,20H,5-6,9,12H2,1-4H3,(H,24,27). The van der Waals surface area contributed by atoms with Gasteiger partial charge < -0.3 is 14.7 Å². The maximum Gasteiger partial charge on any atom is 0.243 e. The first-order chi connectivity index (χ1) is 13.8. The van der Waals surface area contributed by atoms with E-state index in [2.05, 4.69) is 10.5 Å². The van der Waals surface area contributed by atoms with Gasteiger partial charge in [-0.2, -0.15) is 0 Å². The summed E-state index contributed by atoms with van der Waals surface area (Å²) in [4.78, 5) is 27.9. The Morgan fingerprint density at radius 1 is 1.31 bits per heavy atom. The summed E-state index contributed by atoms with van der Waals surface area (Å²) in [5.74, 6) is -0.0396. The molecule has 1 saturated heterocycles. The summed E-state index contributed by atoms with van der Waals surface area (Å²) < 4.78 is 5.38. The Balaban J connectivity index is 1.70. The minimum Gasteiger partial charge on any atom is -0.360 e. The fourth-order valence-electron chi connectivity index (χ4n) is 3.90. The molecule has 7 heteroatoms. The first-order valence-electron chi connectivity index (χ1n) is 10.0. The topological polar surface area (TPSA) is 75.4 Å². The summed E-state index contributed by atoms with van der Waals surface area (Å²) >= 11 is 6.00. The van der Waals surface area contributed by atoms with Gasteiger partial charge >= 0.3 is 0 Å². The van der Waals surface area contributed by atoms with Gasteiger partial charge in [0.15, 0.2) is 0 Å². The lowest BCUT2D eigenvalue weighted by Crippen LogP contribution is -2.47. The second-order valence-corrected chi connectivity index (χ2v) is 8.51. The highest BCUT2D eigenvalue weighted by Gasteiger charge is 2.39. The zero-order valence-corrected chi connectivity index (χ0v) is 18.1. The van der Waals surface area contributed by atoms with Gasteiger partial charge in [0, 0.05) is 24.2 Å². The van der Waals surface area contributed by atoms with Crippen molar-refractivity contribution in [3.63, 3.8) is 0 Å². The van der Waals surface area contributed by atoms with E-state index in [-0.39, 0.29) is 17.7 Å². The third-order valence-corrected chi connectivity index (χ3v) is 5.72. The van der Waals surface area contributed by atoms with E-state index in [1.807, 2.05) is 45.9 Å². The molecule has 2 aromatic rings. The number of nitrogens with one attached hydrogen (secondary N) is 1. The van der Waals surface area contributed by atoms with E-state index in [9.17, 15) is 9.59 Å². The number of hydrogen-bond acceptors (Lipinski definition) is 4. The van der Waals surface area contributed by atoms with Crippen LogP contribution in [0.2, 0.25) is 5.02 Å². The maximum absolute atomic E-state index is 13.3. The molecule has 29 heavy (non-hydrogen) atoms. The smallest absolute Gasteiger partial charge is 0.243 e. The number of hydrogen-bond donors (Lipinski definition) is 1. The zero-order chi connectivity index (χ0) is 21.1. The highest BCUT2D eigenvalue weighted by atomic mass is 35.5. The molecule has 2 unspecified atom stereocenters. The molecular formula is C22H28ClN3O3. The molecule has 2 heterocycles. The van der Waals surface area contributed by atoms with E-state index in [1.165, 1.54) is 0 Å². The Kier molecular flexibility index (Phi) is 6.63. The van der Waals surface area contributed by atoms with Gasteiger partial charge in [-0.25, -0.2) is 0 Å². The van der Waals surface area contributed by atoms with Crippen molar-refractivity contribution < 1.29 is 14.1 Å². The van der Waals surface area contributed by atoms with Crippen LogP contribution in [0, 0.1) is 19.8 Å². The number of carbonyl (C=O) groups excluding carboxylic acids is 2. The van der Waals surface area contributed by atoms with Gasteiger partial charge in [-0.05, 0) is 55.9 Å². The maximum atomic E-state index is 13.3.